The van der Waals surface area contributed by atoms with Crippen LogP contribution >= 0.6 is 22.9 Å². The molecule has 1 unspecified atom stereocenters. The monoisotopic (exact) mass is 371 g/mol. The van der Waals surface area contributed by atoms with E-state index in [4.69, 9.17) is 0 Å². The smallest absolute Gasteiger partial charge is 0.253 e. The number of carbonyl (C=O) groups excluding carboxylic acids is 1. The summed E-state index contributed by atoms with van der Waals surface area (Å²) >= 11 is 2.14. The molecule has 0 aromatic heterocycles. The Kier molecular flexibility index (Phi) is 3.77. The maximum absolute atomic E-state index is 12.5. The first kappa shape index (κ1) is 13.3. The Morgan fingerprint density at radius 3 is 2.74 bits per heavy atom. The van der Waals surface area contributed by atoms with Crippen LogP contribution in [0.1, 0.15) is 12.0 Å². The molecule has 2 fully saturated rings. The van der Waals surface area contributed by atoms with E-state index in [2.05, 4.69) is 57.3 Å². The summed E-state index contributed by atoms with van der Waals surface area (Å²) in [4.78, 5) is 14.9. The predicted octanol–water partition coefficient (Wildman–Crippen LogP) is 1.41. The molecule has 4 nitrogen and oxygen atoms in total. The zero-order valence-corrected chi connectivity index (χ0v) is 13.0. The van der Waals surface area contributed by atoms with Crippen molar-refractivity contribution < 1.29 is 4.79 Å². The lowest BCUT2D eigenvalue weighted by molar-refractivity contribution is -0.134. The van der Waals surface area contributed by atoms with E-state index in [9.17, 15) is 4.79 Å². The van der Waals surface area contributed by atoms with Crippen molar-refractivity contribution in [2.45, 2.75) is 18.5 Å². The van der Waals surface area contributed by atoms with Crippen LogP contribution in [0.2, 0.25) is 0 Å². The van der Waals surface area contributed by atoms with Gasteiger partial charge in [0.15, 0.2) is 0 Å². The van der Waals surface area contributed by atoms with Crippen LogP contribution in [0.3, 0.4) is 0 Å². The Balaban J connectivity index is 1.84. The van der Waals surface area contributed by atoms with Crippen LogP contribution in [0.25, 0.3) is 0 Å². The van der Waals surface area contributed by atoms with Crippen molar-refractivity contribution in [3.63, 3.8) is 0 Å². The molecule has 1 aromatic carbocycles. The number of rotatable bonds is 2. The minimum Gasteiger partial charge on any atom is -0.313 e. The third-order valence-corrected chi connectivity index (χ3v) is 5.06. The highest BCUT2D eigenvalue weighted by Gasteiger charge is 2.51. The van der Waals surface area contributed by atoms with Gasteiger partial charge in [0, 0.05) is 32.7 Å². The second-order valence-corrected chi connectivity index (χ2v) is 6.42. The van der Waals surface area contributed by atoms with Crippen molar-refractivity contribution >= 4 is 28.8 Å². The Hall–Kier alpha value is -0.660. The van der Waals surface area contributed by atoms with Crippen LogP contribution in [0, 0.1) is 0 Å². The summed E-state index contributed by atoms with van der Waals surface area (Å²) < 4.78 is 1.84. The molecule has 2 saturated heterocycles. The van der Waals surface area contributed by atoms with E-state index in [-0.39, 0.29) is 11.4 Å². The zero-order valence-electron chi connectivity index (χ0n) is 10.8. The third kappa shape index (κ3) is 2.39. The number of piperazine rings is 1. The van der Waals surface area contributed by atoms with Gasteiger partial charge in [-0.3, -0.25) is 12.8 Å². The topological polar surface area (TPSA) is 35.6 Å². The van der Waals surface area contributed by atoms with Crippen molar-refractivity contribution in [1.29, 1.82) is 0 Å². The molecular formula is C14H18IN3O. The van der Waals surface area contributed by atoms with Crippen molar-refractivity contribution in [3.05, 3.63) is 35.9 Å². The second-order valence-electron chi connectivity index (χ2n) is 5.26. The fourth-order valence-electron chi connectivity index (χ4n) is 3.04. The molecule has 1 N–H and O–H groups in total. The third-order valence-electron chi connectivity index (χ3n) is 4.14. The van der Waals surface area contributed by atoms with Crippen molar-refractivity contribution in [3.8, 4) is 0 Å². The van der Waals surface area contributed by atoms with Gasteiger partial charge in [-0.15, -0.1) is 0 Å². The molecule has 2 aliphatic heterocycles. The molecule has 1 aromatic rings. The van der Waals surface area contributed by atoms with Gasteiger partial charge in [-0.05, 0) is 12.0 Å². The van der Waals surface area contributed by atoms with Gasteiger partial charge < -0.3 is 5.32 Å². The minimum atomic E-state index is -0.324. The SMILES string of the molecule is O=C1N(I)CCC12CNCCN2Cc1ccccc1. The van der Waals surface area contributed by atoms with Gasteiger partial charge in [-0.25, -0.2) is 0 Å². The molecule has 1 spiro atoms. The molecule has 1 atom stereocenters. The summed E-state index contributed by atoms with van der Waals surface area (Å²) in [5.74, 6) is 0.260. The first-order chi connectivity index (χ1) is 9.22. The number of hydrogen-bond acceptors (Lipinski definition) is 3. The van der Waals surface area contributed by atoms with Crippen LogP contribution in [0.5, 0.6) is 0 Å². The lowest BCUT2D eigenvalue weighted by Crippen LogP contribution is -2.63. The van der Waals surface area contributed by atoms with Gasteiger partial charge in [0.2, 0.25) is 0 Å². The van der Waals surface area contributed by atoms with Crippen LogP contribution in [0.4, 0.5) is 0 Å². The Morgan fingerprint density at radius 2 is 2.05 bits per heavy atom. The summed E-state index contributed by atoms with van der Waals surface area (Å²) in [7, 11) is 0. The standard InChI is InChI=1S/C14H18IN3O/c15-18-8-6-14(13(18)19)11-16-7-9-17(14)10-12-4-2-1-3-5-12/h1-5,16H,6-11H2. The van der Waals surface area contributed by atoms with E-state index < -0.39 is 0 Å². The van der Waals surface area contributed by atoms with E-state index in [1.165, 1.54) is 5.56 Å². The molecule has 3 rings (SSSR count). The van der Waals surface area contributed by atoms with Crippen molar-refractivity contribution in [2.24, 2.45) is 0 Å². The minimum absolute atomic E-state index is 0.260. The van der Waals surface area contributed by atoms with Gasteiger partial charge in [-0.1, -0.05) is 30.3 Å². The Bertz CT molecular complexity index is 463. The van der Waals surface area contributed by atoms with Gasteiger partial charge in [0.25, 0.3) is 5.91 Å². The normalized spacial score (nSPS) is 28.3. The van der Waals surface area contributed by atoms with E-state index in [1.807, 2.05) is 9.18 Å². The molecule has 0 bridgehead atoms. The fraction of sp³-hybridized carbons (Fsp3) is 0.500. The summed E-state index contributed by atoms with van der Waals surface area (Å²) in [6.45, 7) is 4.39. The van der Waals surface area contributed by atoms with Crippen LogP contribution in [0.15, 0.2) is 30.3 Å². The number of halogens is 1. The molecule has 2 aliphatic rings. The highest BCUT2D eigenvalue weighted by Crippen LogP contribution is 2.33. The maximum atomic E-state index is 12.5. The highest BCUT2D eigenvalue weighted by atomic mass is 127. The molecule has 0 radical (unpaired) electrons. The molecule has 0 saturated carbocycles. The van der Waals surface area contributed by atoms with Crippen molar-refractivity contribution in [2.75, 3.05) is 26.2 Å². The van der Waals surface area contributed by atoms with E-state index in [0.717, 1.165) is 39.1 Å². The van der Waals surface area contributed by atoms with Gasteiger partial charge in [-0.2, -0.15) is 0 Å². The predicted molar refractivity (Wildman–Crippen MR) is 82.8 cm³/mol. The van der Waals surface area contributed by atoms with Crippen LogP contribution in [-0.4, -0.2) is 45.6 Å². The Morgan fingerprint density at radius 1 is 1.26 bits per heavy atom. The van der Waals surface area contributed by atoms with Gasteiger partial charge >= 0.3 is 0 Å². The van der Waals surface area contributed by atoms with Crippen LogP contribution < -0.4 is 5.32 Å². The quantitative estimate of drug-likeness (QED) is 0.631. The first-order valence-electron chi connectivity index (χ1n) is 6.70. The molecule has 19 heavy (non-hydrogen) atoms. The Labute approximate surface area is 127 Å². The molecule has 0 aliphatic carbocycles. The highest BCUT2D eigenvalue weighted by molar-refractivity contribution is 14.1. The number of benzene rings is 1. The van der Waals surface area contributed by atoms with Crippen molar-refractivity contribution in [1.82, 2.24) is 13.3 Å². The maximum Gasteiger partial charge on any atom is 0.253 e. The van der Waals surface area contributed by atoms with Gasteiger partial charge in [0.1, 0.15) is 5.54 Å². The lowest BCUT2D eigenvalue weighted by atomic mass is 9.92. The van der Waals surface area contributed by atoms with Gasteiger partial charge in [0.05, 0.1) is 22.9 Å². The number of amides is 1. The number of hydrogen-bond donors (Lipinski definition) is 1. The largest absolute Gasteiger partial charge is 0.313 e. The number of carbonyl (C=O) groups is 1. The first-order valence-corrected chi connectivity index (χ1v) is 7.66. The second kappa shape index (κ2) is 5.38. The molecule has 1 amide bonds. The molecule has 2 heterocycles. The summed E-state index contributed by atoms with van der Waals surface area (Å²) in [6.07, 6.45) is 0.925. The fourth-order valence-corrected chi connectivity index (χ4v) is 3.73. The number of nitrogens with one attached hydrogen (secondary N) is 1. The molecule has 102 valence electrons. The van der Waals surface area contributed by atoms with E-state index >= 15 is 0 Å². The number of nitrogens with zero attached hydrogens (tertiary/aromatic N) is 2. The lowest BCUT2D eigenvalue weighted by Gasteiger charge is -2.43. The van der Waals surface area contributed by atoms with Crippen LogP contribution in [-0.2, 0) is 11.3 Å². The van der Waals surface area contributed by atoms with E-state index in [1.54, 1.807) is 0 Å². The molecular weight excluding hydrogens is 353 g/mol. The summed E-state index contributed by atoms with van der Waals surface area (Å²) in [6, 6.07) is 10.4. The average Bonchev–Trinajstić information content (AvgIpc) is 2.72. The summed E-state index contributed by atoms with van der Waals surface area (Å²) in [5.41, 5.74) is 0.957. The average molecular weight is 371 g/mol. The zero-order chi connectivity index (χ0) is 13.3. The van der Waals surface area contributed by atoms with E-state index in [0.29, 0.717) is 0 Å². The molecule has 5 heteroatoms. The summed E-state index contributed by atoms with van der Waals surface area (Å²) in [5, 5.41) is 3.39.